The van der Waals surface area contributed by atoms with E-state index in [4.69, 9.17) is 5.73 Å². The second-order valence-corrected chi connectivity index (χ2v) is 4.16. The van der Waals surface area contributed by atoms with Gasteiger partial charge in [0.2, 0.25) is 5.56 Å². The number of aromatic amines is 1. The summed E-state index contributed by atoms with van der Waals surface area (Å²) in [5, 5.41) is 0. The first-order chi connectivity index (χ1) is 9.11. The third-order valence-corrected chi connectivity index (χ3v) is 2.86. The summed E-state index contributed by atoms with van der Waals surface area (Å²) in [7, 11) is 1.66. The van der Waals surface area contributed by atoms with Gasteiger partial charge in [-0.1, -0.05) is 18.2 Å². The van der Waals surface area contributed by atoms with Crippen LogP contribution in [0.15, 0.2) is 47.3 Å². The molecule has 2 aromatic rings. The minimum Gasteiger partial charge on any atom is -0.326 e. The van der Waals surface area contributed by atoms with Gasteiger partial charge in [0.05, 0.1) is 0 Å². The van der Waals surface area contributed by atoms with Gasteiger partial charge in [-0.2, -0.15) is 0 Å². The van der Waals surface area contributed by atoms with Gasteiger partial charge in [-0.05, 0) is 23.8 Å². The maximum absolute atomic E-state index is 12.2. The Morgan fingerprint density at radius 2 is 1.89 bits per heavy atom. The molecule has 1 amide bonds. The van der Waals surface area contributed by atoms with E-state index in [2.05, 4.69) is 4.98 Å². The Bertz CT molecular complexity index is 632. The molecule has 0 aliphatic heterocycles. The molecule has 0 aliphatic carbocycles. The fraction of sp³-hybridized carbons (Fsp3) is 0.143. The third kappa shape index (κ3) is 2.89. The van der Waals surface area contributed by atoms with Crippen molar-refractivity contribution in [1.29, 1.82) is 0 Å². The highest BCUT2D eigenvalue weighted by Gasteiger charge is 2.13. The topological polar surface area (TPSA) is 79.2 Å². The Morgan fingerprint density at radius 1 is 1.21 bits per heavy atom. The van der Waals surface area contributed by atoms with Gasteiger partial charge < -0.3 is 15.6 Å². The van der Waals surface area contributed by atoms with Crippen LogP contribution < -0.4 is 16.2 Å². The Morgan fingerprint density at radius 3 is 2.47 bits per heavy atom. The SMILES string of the molecule is CN(C(=O)c1cccc(=O)[nH]1)c1ccc(CN)cc1. The van der Waals surface area contributed by atoms with Crippen LogP contribution in [0.1, 0.15) is 16.1 Å². The van der Waals surface area contributed by atoms with Crippen molar-refractivity contribution >= 4 is 11.6 Å². The third-order valence-electron chi connectivity index (χ3n) is 2.86. The van der Waals surface area contributed by atoms with Crippen LogP contribution in [0.4, 0.5) is 5.69 Å². The molecule has 0 bridgehead atoms. The van der Waals surface area contributed by atoms with Gasteiger partial charge in [-0.25, -0.2) is 0 Å². The van der Waals surface area contributed by atoms with Crippen molar-refractivity contribution in [2.45, 2.75) is 6.54 Å². The van der Waals surface area contributed by atoms with Gasteiger partial charge in [0, 0.05) is 25.3 Å². The molecule has 1 aromatic heterocycles. The number of pyridine rings is 1. The van der Waals surface area contributed by atoms with Crippen LogP contribution in [0.25, 0.3) is 0 Å². The monoisotopic (exact) mass is 257 g/mol. The van der Waals surface area contributed by atoms with Crippen LogP contribution in [-0.2, 0) is 6.54 Å². The quantitative estimate of drug-likeness (QED) is 0.864. The summed E-state index contributed by atoms with van der Waals surface area (Å²) in [6, 6.07) is 11.9. The number of hydrogen-bond donors (Lipinski definition) is 2. The van der Waals surface area contributed by atoms with Crippen molar-refractivity contribution in [3.8, 4) is 0 Å². The lowest BCUT2D eigenvalue weighted by Gasteiger charge is -2.17. The molecular weight excluding hydrogens is 242 g/mol. The summed E-state index contributed by atoms with van der Waals surface area (Å²) in [6.45, 7) is 0.462. The Labute approximate surface area is 110 Å². The molecule has 2 rings (SSSR count). The van der Waals surface area contributed by atoms with Crippen molar-refractivity contribution in [3.63, 3.8) is 0 Å². The Balaban J connectivity index is 2.25. The summed E-state index contributed by atoms with van der Waals surface area (Å²) < 4.78 is 0. The molecule has 19 heavy (non-hydrogen) atoms. The molecule has 1 heterocycles. The normalized spacial score (nSPS) is 10.2. The fourth-order valence-corrected chi connectivity index (χ4v) is 1.73. The highest BCUT2D eigenvalue weighted by atomic mass is 16.2. The van der Waals surface area contributed by atoms with Crippen LogP contribution in [0, 0.1) is 0 Å². The van der Waals surface area contributed by atoms with E-state index in [0.717, 1.165) is 11.3 Å². The number of carbonyl (C=O) groups is 1. The first-order valence-electron chi connectivity index (χ1n) is 5.88. The molecule has 0 saturated heterocycles. The van der Waals surface area contributed by atoms with E-state index in [1.807, 2.05) is 24.3 Å². The largest absolute Gasteiger partial charge is 0.326 e. The van der Waals surface area contributed by atoms with E-state index in [9.17, 15) is 9.59 Å². The minimum absolute atomic E-state index is 0.262. The van der Waals surface area contributed by atoms with Gasteiger partial charge in [0.15, 0.2) is 0 Å². The van der Waals surface area contributed by atoms with Crippen LogP contribution in [0.2, 0.25) is 0 Å². The second kappa shape index (κ2) is 5.49. The fourth-order valence-electron chi connectivity index (χ4n) is 1.73. The zero-order valence-electron chi connectivity index (χ0n) is 10.6. The van der Waals surface area contributed by atoms with E-state index in [0.29, 0.717) is 6.54 Å². The summed E-state index contributed by atoms with van der Waals surface area (Å²) in [5.74, 6) is -0.266. The van der Waals surface area contributed by atoms with Gasteiger partial charge >= 0.3 is 0 Å². The van der Waals surface area contributed by atoms with Crippen molar-refractivity contribution in [2.75, 3.05) is 11.9 Å². The molecule has 0 unspecified atom stereocenters. The molecule has 98 valence electrons. The van der Waals surface area contributed by atoms with Gasteiger partial charge in [0.1, 0.15) is 5.69 Å². The number of H-pyrrole nitrogens is 1. The van der Waals surface area contributed by atoms with E-state index in [1.54, 1.807) is 19.2 Å². The number of rotatable bonds is 3. The first kappa shape index (κ1) is 13.0. The smallest absolute Gasteiger partial charge is 0.274 e. The Hall–Kier alpha value is -2.40. The average Bonchev–Trinajstić information content (AvgIpc) is 2.46. The molecule has 5 nitrogen and oxygen atoms in total. The molecule has 5 heteroatoms. The predicted molar refractivity (Wildman–Crippen MR) is 74.1 cm³/mol. The van der Waals surface area contributed by atoms with E-state index < -0.39 is 0 Å². The van der Waals surface area contributed by atoms with Crippen molar-refractivity contribution in [3.05, 3.63) is 64.1 Å². The lowest BCUT2D eigenvalue weighted by molar-refractivity contribution is 0.0988. The first-order valence-corrected chi connectivity index (χ1v) is 5.88. The van der Waals surface area contributed by atoms with Crippen LogP contribution >= 0.6 is 0 Å². The number of benzene rings is 1. The number of nitrogens with two attached hydrogens (primary N) is 1. The lowest BCUT2D eigenvalue weighted by Crippen LogP contribution is -2.28. The number of nitrogens with zero attached hydrogens (tertiary/aromatic N) is 1. The van der Waals surface area contributed by atoms with Crippen molar-refractivity contribution in [1.82, 2.24) is 4.98 Å². The number of amides is 1. The van der Waals surface area contributed by atoms with E-state index in [1.165, 1.54) is 11.0 Å². The second-order valence-electron chi connectivity index (χ2n) is 4.16. The molecule has 3 N–H and O–H groups in total. The maximum atomic E-state index is 12.2. The van der Waals surface area contributed by atoms with Gasteiger partial charge in [0.25, 0.3) is 5.91 Å². The summed E-state index contributed by atoms with van der Waals surface area (Å²) in [5.41, 5.74) is 7.23. The molecular formula is C14H15N3O2. The number of hydrogen-bond acceptors (Lipinski definition) is 3. The maximum Gasteiger partial charge on any atom is 0.274 e. The molecule has 0 atom stereocenters. The van der Waals surface area contributed by atoms with Crippen LogP contribution in [0.5, 0.6) is 0 Å². The minimum atomic E-state index is -0.294. The average molecular weight is 257 g/mol. The highest BCUT2D eigenvalue weighted by molar-refractivity contribution is 6.04. The standard InChI is InChI=1S/C14H15N3O2/c1-17(11-7-5-10(9-15)6-8-11)14(19)12-3-2-4-13(18)16-12/h2-8H,9,15H2,1H3,(H,16,18). The zero-order valence-corrected chi connectivity index (χ0v) is 10.6. The number of carbonyl (C=O) groups excluding carboxylic acids is 1. The molecule has 0 saturated carbocycles. The van der Waals surface area contributed by atoms with Gasteiger partial charge in [-0.3, -0.25) is 9.59 Å². The molecule has 0 radical (unpaired) electrons. The molecule has 1 aromatic carbocycles. The van der Waals surface area contributed by atoms with Crippen LogP contribution in [0.3, 0.4) is 0 Å². The molecule has 0 spiro atoms. The number of nitrogens with one attached hydrogen (secondary N) is 1. The van der Waals surface area contributed by atoms with Crippen LogP contribution in [-0.4, -0.2) is 17.9 Å². The molecule has 0 fully saturated rings. The predicted octanol–water partition coefficient (Wildman–Crippen LogP) is 1.11. The summed E-state index contributed by atoms with van der Waals surface area (Å²) in [6.07, 6.45) is 0. The van der Waals surface area contributed by atoms with Gasteiger partial charge in [-0.15, -0.1) is 0 Å². The lowest BCUT2D eigenvalue weighted by atomic mass is 10.2. The zero-order chi connectivity index (χ0) is 13.8. The van der Waals surface area contributed by atoms with E-state index in [-0.39, 0.29) is 17.2 Å². The molecule has 0 aliphatic rings. The summed E-state index contributed by atoms with van der Waals surface area (Å²) in [4.78, 5) is 27.4. The summed E-state index contributed by atoms with van der Waals surface area (Å²) >= 11 is 0. The highest BCUT2D eigenvalue weighted by Crippen LogP contribution is 2.15. The van der Waals surface area contributed by atoms with E-state index >= 15 is 0 Å². The van der Waals surface area contributed by atoms with Crippen molar-refractivity contribution in [2.24, 2.45) is 5.73 Å². The number of anilines is 1. The van der Waals surface area contributed by atoms with Crippen molar-refractivity contribution < 1.29 is 4.79 Å². The number of aromatic nitrogens is 1. The Kier molecular flexibility index (Phi) is 3.77.